The number of nitrogens with one attached hydrogen (secondary N) is 2. The van der Waals surface area contributed by atoms with Crippen LogP contribution < -0.4 is 14.9 Å². The molecule has 0 spiro atoms. The van der Waals surface area contributed by atoms with Crippen LogP contribution in [-0.4, -0.2) is 70.8 Å². The van der Waals surface area contributed by atoms with Gasteiger partial charge in [-0.05, 0) is 50.9 Å². The molecule has 0 amide bonds. The molecule has 3 rings (SSSR count). The van der Waals surface area contributed by atoms with Gasteiger partial charge in [0.25, 0.3) is 0 Å². The molecule has 1 fully saturated rings. The van der Waals surface area contributed by atoms with Gasteiger partial charge >= 0.3 is 0 Å². The highest BCUT2D eigenvalue weighted by molar-refractivity contribution is 14.0. The van der Waals surface area contributed by atoms with Crippen LogP contribution in [0.25, 0.3) is 0 Å². The van der Waals surface area contributed by atoms with Gasteiger partial charge in [-0.2, -0.15) is 0 Å². The molecule has 0 aliphatic carbocycles. The Balaban J connectivity index is 0.00000300. The standard InChI is InChI=1S/C20H33N5O2S.HI/c1-2-21-20(22-11-16-24-13-6-3-7-14-24)23-12-17-28(26,27)25-15-10-18-8-4-5-9-19(18)25;/h4-5,8-9H,2-3,6-7,10-17H2,1H3,(H2,21,22,23);1H. The van der Waals surface area contributed by atoms with E-state index in [-0.39, 0.29) is 29.7 Å². The van der Waals surface area contributed by atoms with E-state index in [1.807, 2.05) is 31.2 Å². The van der Waals surface area contributed by atoms with Gasteiger partial charge in [0.1, 0.15) is 0 Å². The average Bonchev–Trinajstić information content (AvgIpc) is 3.14. The van der Waals surface area contributed by atoms with Crippen molar-refractivity contribution < 1.29 is 8.42 Å². The van der Waals surface area contributed by atoms with Gasteiger partial charge in [-0.15, -0.1) is 24.0 Å². The number of anilines is 1. The van der Waals surface area contributed by atoms with Gasteiger partial charge in [-0.3, -0.25) is 9.30 Å². The molecule has 2 aliphatic heterocycles. The van der Waals surface area contributed by atoms with Gasteiger partial charge in [0.05, 0.1) is 18.0 Å². The number of hydrogen-bond donors (Lipinski definition) is 2. The lowest BCUT2D eigenvalue weighted by atomic mass is 10.1. The summed E-state index contributed by atoms with van der Waals surface area (Å²) < 4.78 is 27.1. The number of sulfonamides is 1. The lowest BCUT2D eigenvalue weighted by molar-refractivity contribution is 0.235. The number of halogens is 1. The zero-order chi connectivity index (χ0) is 19.8. The molecule has 0 radical (unpaired) electrons. The maximum atomic E-state index is 12.8. The van der Waals surface area contributed by atoms with E-state index in [0.717, 1.165) is 50.4 Å². The monoisotopic (exact) mass is 535 g/mol. The van der Waals surface area contributed by atoms with Crippen molar-refractivity contribution in [2.45, 2.75) is 32.6 Å². The number of hydrogen-bond acceptors (Lipinski definition) is 4. The molecule has 1 saturated heterocycles. The maximum absolute atomic E-state index is 12.8. The molecule has 0 saturated carbocycles. The van der Waals surface area contributed by atoms with Crippen molar-refractivity contribution in [3.63, 3.8) is 0 Å². The van der Waals surface area contributed by atoms with Crippen molar-refractivity contribution in [1.82, 2.24) is 15.5 Å². The molecule has 1 aromatic rings. The van der Waals surface area contributed by atoms with Crippen LogP contribution >= 0.6 is 24.0 Å². The minimum absolute atomic E-state index is 0. The highest BCUT2D eigenvalue weighted by atomic mass is 127. The summed E-state index contributed by atoms with van der Waals surface area (Å²) in [5.41, 5.74) is 1.93. The van der Waals surface area contributed by atoms with E-state index >= 15 is 0 Å². The van der Waals surface area contributed by atoms with Crippen molar-refractivity contribution in [1.29, 1.82) is 0 Å². The molecular weight excluding hydrogens is 501 g/mol. The Kier molecular flexibility index (Phi) is 9.97. The number of fused-ring (bicyclic) bond motifs is 1. The van der Waals surface area contributed by atoms with Crippen LogP contribution in [0.2, 0.25) is 0 Å². The molecule has 0 aromatic heterocycles. The van der Waals surface area contributed by atoms with Gasteiger partial charge in [-0.25, -0.2) is 8.42 Å². The number of rotatable bonds is 8. The van der Waals surface area contributed by atoms with Crippen LogP contribution in [0.1, 0.15) is 31.7 Å². The van der Waals surface area contributed by atoms with Gasteiger partial charge in [0.15, 0.2) is 5.96 Å². The molecule has 1 aromatic carbocycles. The average molecular weight is 535 g/mol. The summed E-state index contributed by atoms with van der Waals surface area (Å²) in [7, 11) is -3.34. The third-order valence-corrected chi connectivity index (χ3v) is 7.08. The minimum Gasteiger partial charge on any atom is -0.357 e. The summed E-state index contributed by atoms with van der Waals surface area (Å²) in [5.74, 6) is 0.745. The Labute approximate surface area is 192 Å². The Bertz CT molecular complexity index is 766. The van der Waals surface area contributed by atoms with Crippen molar-refractivity contribution in [3.05, 3.63) is 29.8 Å². The third-order valence-electron chi connectivity index (χ3n) is 5.31. The number of benzene rings is 1. The molecule has 2 heterocycles. The van der Waals surface area contributed by atoms with Crippen LogP contribution in [-0.2, 0) is 16.4 Å². The van der Waals surface area contributed by atoms with E-state index in [9.17, 15) is 8.42 Å². The summed E-state index contributed by atoms with van der Waals surface area (Å²) in [6.07, 6.45) is 4.67. The van der Waals surface area contributed by atoms with E-state index in [1.54, 1.807) is 4.31 Å². The lowest BCUT2D eigenvalue weighted by Crippen LogP contribution is -2.42. The third kappa shape index (κ3) is 6.99. The Morgan fingerprint density at radius 3 is 2.62 bits per heavy atom. The highest BCUT2D eigenvalue weighted by Crippen LogP contribution is 2.29. The minimum atomic E-state index is -3.34. The largest absolute Gasteiger partial charge is 0.357 e. The second-order valence-corrected chi connectivity index (χ2v) is 9.37. The lowest BCUT2D eigenvalue weighted by Gasteiger charge is -2.25. The van der Waals surface area contributed by atoms with Crippen LogP contribution in [0.5, 0.6) is 0 Å². The predicted octanol–water partition coefficient (Wildman–Crippen LogP) is 2.04. The molecule has 0 atom stereocenters. The van der Waals surface area contributed by atoms with Crippen LogP contribution in [0.15, 0.2) is 29.3 Å². The van der Waals surface area contributed by atoms with E-state index in [4.69, 9.17) is 0 Å². The SMILES string of the molecule is CCNC(=NCCN1CCCCC1)NCCS(=O)(=O)N1CCc2ccccc21.I. The normalized spacial score (nSPS) is 17.6. The van der Waals surface area contributed by atoms with E-state index in [1.165, 1.54) is 19.3 Å². The van der Waals surface area contributed by atoms with Crippen molar-refractivity contribution in [3.8, 4) is 0 Å². The first-order chi connectivity index (χ1) is 13.6. The van der Waals surface area contributed by atoms with Gasteiger partial charge in [0.2, 0.25) is 10.0 Å². The number of aliphatic imine (C=N–C) groups is 1. The second kappa shape index (κ2) is 11.9. The summed E-state index contributed by atoms with van der Waals surface area (Å²) in [6, 6.07) is 7.74. The van der Waals surface area contributed by atoms with Gasteiger partial charge in [0, 0.05) is 26.2 Å². The topological polar surface area (TPSA) is 77.0 Å². The summed E-state index contributed by atoms with van der Waals surface area (Å²) >= 11 is 0. The fraction of sp³-hybridized carbons (Fsp3) is 0.650. The van der Waals surface area contributed by atoms with Crippen molar-refractivity contribution in [2.75, 3.05) is 55.9 Å². The molecule has 0 unspecified atom stereocenters. The second-order valence-electron chi connectivity index (χ2n) is 7.36. The van der Waals surface area contributed by atoms with E-state index in [0.29, 0.717) is 19.0 Å². The summed E-state index contributed by atoms with van der Waals surface area (Å²) in [5, 5.41) is 6.38. The van der Waals surface area contributed by atoms with Crippen LogP contribution in [0.4, 0.5) is 5.69 Å². The van der Waals surface area contributed by atoms with E-state index in [2.05, 4.69) is 20.5 Å². The maximum Gasteiger partial charge on any atom is 0.236 e. The fourth-order valence-electron chi connectivity index (χ4n) is 3.83. The predicted molar refractivity (Wildman–Crippen MR) is 131 cm³/mol. The quantitative estimate of drug-likeness (QED) is 0.303. The smallest absolute Gasteiger partial charge is 0.236 e. The highest BCUT2D eigenvalue weighted by Gasteiger charge is 2.28. The Morgan fingerprint density at radius 1 is 1.10 bits per heavy atom. The summed E-state index contributed by atoms with van der Waals surface area (Å²) in [4.78, 5) is 7.06. The van der Waals surface area contributed by atoms with Crippen LogP contribution in [0, 0.1) is 0 Å². The molecular formula is C20H34IN5O2S. The first-order valence-electron chi connectivity index (χ1n) is 10.4. The number of piperidine rings is 1. The first-order valence-corrected chi connectivity index (χ1v) is 12.0. The Morgan fingerprint density at radius 2 is 1.86 bits per heavy atom. The van der Waals surface area contributed by atoms with Crippen molar-refractivity contribution in [2.24, 2.45) is 4.99 Å². The van der Waals surface area contributed by atoms with Gasteiger partial charge in [-0.1, -0.05) is 24.6 Å². The summed E-state index contributed by atoms with van der Waals surface area (Å²) in [6.45, 7) is 7.65. The first kappa shape index (κ1) is 24.2. The molecule has 7 nitrogen and oxygen atoms in total. The number of likely N-dealkylation sites (tertiary alicyclic amines) is 1. The number of para-hydroxylation sites is 1. The molecule has 0 bridgehead atoms. The molecule has 29 heavy (non-hydrogen) atoms. The number of nitrogens with zero attached hydrogens (tertiary/aromatic N) is 3. The number of guanidine groups is 1. The molecule has 2 aliphatic rings. The van der Waals surface area contributed by atoms with Gasteiger partial charge < -0.3 is 15.5 Å². The molecule has 9 heteroatoms. The van der Waals surface area contributed by atoms with Crippen molar-refractivity contribution >= 4 is 45.6 Å². The molecule has 164 valence electrons. The Hall–Kier alpha value is -1.07. The zero-order valence-corrected chi connectivity index (χ0v) is 20.4. The van der Waals surface area contributed by atoms with Crippen LogP contribution in [0.3, 0.4) is 0 Å². The molecule has 2 N–H and O–H groups in total. The van der Waals surface area contributed by atoms with E-state index < -0.39 is 10.0 Å². The zero-order valence-electron chi connectivity index (χ0n) is 17.3. The fourth-order valence-corrected chi connectivity index (χ4v) is 5.26.